The van der Waals surface area contributed by atoms with Crippen LogP contribution in [0, 0.1) is 0 Å². The summed E-state index contributed by atoms with van der Waals surface area (Å²) in [7, 11) is 0. The maximum absolute atomic E-state index is 12.9. The van der Waals surface area contributed by atoms with Crippen LogP contribution in [0.1, 0.15) is 26.7 Å². The molecule has 0 saturated heterocycles. The van der Waals surface area contributed by atoms with Crippen molar-refractivity contribution in [3.8, 4) is 0 Å². The smallest absolute Gasteiger partial charge is 0.219 e. The molecule has 0 fully saturated rings. The Morgan fingerprint density at radius 1 is 1.00 bits per heavy atom. The normalized spacial score (nSPS) is 11.6. The zero-order valence-electron chi connectivity index (χ0n) is 9.89. The van der Waals surface area contributed by atoms with E-state index in [4.69, 9.17) is 0 Å². The second kappa shape index (κ2) is 7.47. The monoisotopic (exact) mass is 274 g/mol. The van der Waals surface area contributed by atoms with Gasteiger partial charge in [-0.05, 0) is 25.0 Å². The molecule has 1 nitrogen and oxygen atoms in total. The molecule has 0 amide bonds. The molecule has 0 N–H and O–H groups in total. The van der Waals surface area contributed by atoms with Crippen molar-refractivity contribution >= 4 is 33.6 Å². The Balaban J connectivity index is 2.82. The molecule has 0 unspecified atom stereocenters. The third-order valence-electron chi connectivity index (χ3n) is 2.00. The van der Waals surface area contributed by atoms with Gasteiger partial charge in [-0.15, -0.1) is 0 Å². The summed E-state index contributed by atoms with van der Waals surface area (Å²) in [5, 5.41) is 1.01. The first-order chi connectivity index (χ1) is 7.73. The van der Waals surface area contributed by atoms with E-state index in [9.17, 15) is 4.57 Å². The van der Waals surface area contributed by atoms with E-state index in [-0.39, 0.29) is 0 Å². The molecule has 1 aromatic rings. The molecule has 4 heteroatoms. The highest BCUT2D eigenvalue weighted by atomic mass is 33.1. The van der Waals surface area contributed by atoms with Crippen LogP contribution < -0.4 is 5.30 Å². The molecule has 16 heavy (non-hydrogen) atoms. The molecule has 1 rings (SSSR count). The maximum Gasteiger partial charge on any atom is 0.219 e. The quantitative estimate of drug-likeness (QED) is 0.665. The highest BCUT2D eigenvalue weighted by Crippen LogP contribution is 2.67. The Kier molecular flexibility index (Phi) is 6.64. The van der Waals surface area contributed by atoms with Crippen LogP contribution in [0.3, 0.4) is 0 Å². The van der Waals surface area contributed by atoms with Gasteiger partial charge in [0.25, 0.3) is 0 Å². The molecule has 90 valence electrons. The van der Waals surface area contributed by atoms with Gasteiger partial charge in [0, 0.05) is 16.8 Å². The minimum atomic E-state index is -2.27. The van der Waals surface area contributed by atoms with Gasteiger partial charge in [-0.3, -0.25) is 4.57 Å². The Hall–Kier alpha value is 0.150. The molecule has 0 bridgehead atoms. The van der Waals surface area contributed by atoms with Gasteiger partial charge >= 0.3 is 0 Å². The Labute approximate surface area is 107 Å². The molecule has 0 aliphatic carbocycles. The van der Waals surface area contributed by atoms with Crippen LogP contribution >= 0.6 is 28.3 Å². The lowest BCUT2D eigenvalue weighted by Gasteiger charge is -2.16. The van der Waals surface area contributed by atoms with Crippen molar-refractivity contribution in [3.05, 3.63) is 30.3 Å². The van der Waals surface area contributed by atoms with Crippen molar-refractivity contribution in [2.45, 2.75) is 26.7 Å². The van der Waals surface area contributed by atoms with Crippen LogP contribution in [0.2, 0.25) is 0 Å². The number of benzene rings is 1. The Bertz CT molecular complexity index is 328. The van der Waals surface area contributed by atoms with Gasteiger partial charge in [0.15, 0.2) is 0 Å². The summed E-state index contributed by atoms with van der Waals surface area (Å²) in [5.41, 5.74) is -2.27. The number of hydrogen-bond acceptors (Lipinski definition) is 3. The zero-order chi connectivity index (χ0) is 11.9. The first-order valence-electron chi connectivity index (χ1n) is 5.67. The zero-order valence-corrected chi connectivity index (χ0v) is 12.4. The van der Waals surface area contributed by atoms with Gasteiger partial charge in [0.05, 0.1) is 0 Å². The van der Waals surface area contributed by atoms with E-state index in [1.165, 1.54) is 0 Å². The highest BCUT2D eigenvalue weighted by Gasteiger charge is 2.24. The third kappa shape index (κ3) is 4.20. The van der Waals surface area contributed by atoms with E-state index in [0.29, 0.717) is 0 Å². The SMILES string of the molecule is CCCSP(=O)(SCCC)c1ccccc1. The van der Waals surface area contributed by atoms with Crippen molar-refractivity contribution in [1.29, 1.82) is 0 Å². The van der Waals surface area contributed by atoms with Gasteiger partial charge in [0.2, 0.25) is 5.55 Å². The fourth-order valence-corrected chi connectivity index (χ4v) is 9.37. The molecule has 0 aliphatic rings. The van der Waals surface area contributed by atoms with Crippen molar-refractivity contribution in [3.63, 3.8) is 0 Å². The standard InChI is InChI=1S/C12H19OPS2/c1-3-10-15-14(13,16-11-4-2)12-8-6-5-7-9-12/h5-9H,3-4,10-11H2,1-2H3. The summed E-state index contributed by atoms with van der Waals surface area (Å²) in [6, 6.07) is 9.91. The van der Waals surface area contributed by atoms with Crippen LogP contribution in [0.15, 0.2) is 30.3 Å². The van der Waals surface area contributed by atoms with E-state index < -0.39 is 5.55 Å². The van der Waals surface area contributed by atoms with Crippen LogP contribution in [0.4, 0.5) is 0 Å². The first-order valence-corrected chi connectivity index (χ1v) is 10.6. The van der Waals surface area contributed by atoms with E-state index in [1.807, 2.05) is 30.3 Å². The summed E-state index contributed by atoms with van der Waals surface area (Å²) in [4.78, 5) is 0. The van der Waals surface area contributed by atoms with Crippen molar-refractivity contribution in [2.75, 3.05) is 11.5 Å². The largest absolute Gasteiger partial charge is 0.295 e. The molecule has 0 atom stereocenters. The second-order valence-electron chi connectivity index (χ2n) is 3.50. The molecular weight excluding hydrogens is 255 g/mol. The van der Waals surface area contributed by atoms with E-state index in [1.54, 1.807) is 22.8 Å². The van der Waals surface area contributed by atoms with Crippen LogP contribution in [-0.4, -0.2) is 11.5 Å². The maximum atomic E-state index is 12.9. The minimum Gasteiger partial charge on any atom is -0.295 e. The van der Waals surface area contributed by atoms with Gasteiger partial charge in [-0.25, -0.2) is 0 Å². The molecule has 0 spiro atoms. The van der Waals surface area contributed by atoms with E-state index in [0.717, 1.165) is 29.7 Å². The molecule has 0 heterocycles. The van der Waals surface area contributed by atoms with E-state index in [2.05, 4.69) is 13.8 Å². The molecule has 0 radical (unpaired) electrons. The fraction of sp³-hybridized carbons (Fsp3) is 0.500. The number of rotatable bonds is 7. The summed E-state index contributed by atoms with van der Waals surface area (Å²) >= 11 is 3.27. The fourth-order valence-electron chi connectivity index (χ4n) is 1.22. The third-order valence-corrected chi connectivity index (χ3v) is 11.1. The van der Waals surface area contributed by atoms with Crippen LogP contribution in [0.25, 0.3) is 0 Å². The average Bonchev–Trinajstić information content (AvgIpc) is 2.35. The highest BCUT2D eigenvalue weighted by molar-refractivity contribution is 8.92. The molecule has 0 aromatic heterocycles. The molecule has 0 saturated carbocycles. The topological polar surface area (TPSA) is 17.1 Å². The first kappa shape index (κ1) is 14.2. The van der Waals surface area contributed by atoms with E-state index >= 15 is 0 Å². The predicted octanol–water partition coefficient (Wildman–Crippen LogP) is 4.79. The van der Waals surface area contributed by atoms with Crippen molar-refractivity contribution < 1.29 is 4.57 Å². The lowest BCUT2D eigenvalue weighted by atomic mass is 10.4. The summed E-state index contributed by atoms with van der Waals surface area (Å²) in [6.07, 6.45) is 2.16. The predicted molar refractivity (Wildman–Crippen MR) is 79.2 cm³/mol. The second-order valence-corrected chi connectivity index (χ2v) is 11.7. The summed E-state index contributed by atoms with van der Waals surface area (Å²) in [5.74, 6) is 1.95. The van der Waals surface area contributed by atoms with Gasteiger partial charge in [-0.1, -0.05) is 54.8 Å². The van der Waals surface area contributed by atoms with Crippen LogP contribution in [0.5, 0.6) is 0 Å². The summed E-state index contributed by atoms with van der Waals surface area (Å²) < 4.78 is 12.9. The lowest BCUT2D eigenvalue weighted by molar-refractivity contribution is 0.598. The van der Waals surface area contributed by atoms with Crippen LogP contribution in [-0.2, 0) is 4.57 Å². The molecule has 1 aromatic carbocycles. The van der Waals surface area contributed by atoms with Gasteiger partial charge in [-0.2, -0.15) is 0 Å². The average molecular weight is 274 g/mol. The van der Waals surface area contributed by atoms with Gasteiger partial charge < -0.3 is 0 Å². The Morgan fingerprint density at radius 3 is 1.94 bits per heavy atom. The Morgan fingerprint density at radius 2 is 1.50 bits per heavy atom. The minimum absolute atomic E-state index is 0.975. The van der Waals surface area contributed by atoms with Crippen molar-refractivity contribution in [2.24, 2.45) is 0 Å². The van der Waals surface area contributed by atoms with Gasteiger partial charge in [0.1, 0.15) is 0 Å². The summed E-state index contributed by atoms with van der Waals surface area (Å²) in [6.45, 7) is 4.26. The number of hydrogen-bond donors (Lipinski definition) is 0. The molecular formula is C12H19OPS2. The lowest BCUT2D eigenvalue weighted by Crippen LogP contribution is -1.99. The molecule has 0 aliphatic heterocycles. The van der Waals surface area contributed by atoms with Crippen molar-refractivity contribution in [1.82, 2.24) is 0 Å².